The maximum absolute atomic E-state index is 12.2. The molecule has 1 aliphatic rings. The van der Waals surface area contributed by atoms with Gasteiger partial charge in [-0.05, 0) is 24.2 Å². The van der Waals surface area contributed by atoms with Crippen LogP contribution in [0.2, 0.25) is 0 Å². The number of amides is 1. The molecule has 17 heavy (non-hydrogen) atoms. The van der Waals surface area contributed by atoms with E-state index in [-0.39, 0.29) is 23.5 Å². The van der Waals surface area contributed by atoms with E-state index in [2.05, 4.69) is 46.9 Å². The van der Waals surface area contributed by atoms with Gasteiger partial charge in [-0.1, -0.05) is 41.5 Å². The number of nitrogens with one attached hydrogen (secondary N) is 1. The predicted octanol–water partition coefficient (Wildman–Crippen LogP) is 2.47. The molecule has 0 aromatic rings. The lowest BCUT2D eigenvalue weighted by Gasteiger charge is -2.37. The molecule has 1 aliphatic heterocycles. The van der Waals surface area contributed by atoms with Crippen LogP contribution in [-0.4, -0.2) is 29.6 Å². The van der Waals surface area contributed by atoms with E-state index >= 15 is 0 Å². The molecule has 0 aromatic carbocycles. The summed E-state index contributed by atoms with van der Waals surface area (Å²) in [5, 5.41) is 3.39. The smallest absolute Gasteiger partial charge is 0.240 e. The molecule has 3 nitrogen and oxygen atoms in total. The number of carbonyl (C=O) groups is 1. The minimum absolute atomic E-state index is 0.0367. The van der Waals surface area contributed by atoms with Crippen molar-refractivity contribution in [3.8, 4) is 0 Å². The molecule has 1 amide bonds. The Labute approximate surface area is 106 Å². The van der Waals surface area contributed by atoms with Gasteiger partial charge in [0, 0.05) is 6.54 Å². The van der Waals surface area contributed by atoms with E-state index in [1.807, 2.05) is 11.8 Å². The van der Waals surface area contributed by atoms with Gasteiger partial charge in [-0.3, -0.25) is 10.1 Å². The monoisotopic (exact) mass is 240 g/mol. The number of hydrogen-bond donors (Lipinski definition) is 1. The number of carbonyl (C=O) groups excluding carboxylic acids is 1. The van der Waals surface area contributed by atoms with Crippen LogP contribution in [-0.2, 0) is 4.79 Å². The molecule has 1 N–H and O–H groups in total. The third-order valence-corrected chi connectivity index (χ3v) is 4.18. The van der Waals surface area contributed by atoms with Crippen LogP contribution in [0.25, 0.3) is 0 Å². The molecule has 0 aliphatic carbocycles. The van der Waals surface area contributed by atoms with Gasteiger partial charge in [-0.2, -0.15) is 0 Å². The molecular formula is C14H28N2O. The fraction of sp³-hybridized carbons (Fsp3) is 0.929. The lowest BCUT2D eigenvalue weighted by molar-refractivity contribution is -0.132. The van der Waals surface area contributed by atoms with Gasteiger partial charge in [-0.25, -0.2) is 0 Å². The van der Waals surface area contributed by atoms with Crippen molar-refractivity contribution in [1.29, 1.82) is 0 Å². The van der Waals surface area contributed by atoms with Crippen LogP contribution in [0, 0.1) is 17.3 Å². The summed E-state index contributed by atoms with van der Waals surface area (Å²) in [4.78, 5) is 14.2. The second-order valence-corrected chi connectivity index (χ2v) is 6.69. The Hall–Kier alpha value is -0.570. The van der Waals surface area contributed by atoms with Gasteiger partial charge in [-0.15, -0.1) is 0 Å². The second kappa shape index (κ2) is 4.97. The molecule has 1 fully saturated rings. The van der Waals surface area contributed by atoms with Crippen LogP contribution in [0.15, 0.2) is 0 Å². The first kappa shape index (κ1) is 14.5. The summed E-state index contributed by atoms with van der Waals surface area (Å²) in [7, 11) is 0. The zero-order valence-electron chi connectivity index (χ0n) is 12.4. The van der Waals surface area contributed by atoms with Crippen LogP contribution in [0.5, 0.6) is 0 Å². The fourth-order valence-electron chi connectivity index (χ4n) is 2.15. The SMILES string of the molecule is CC1NC(C(C)C)N(CC(C)(C)C(C)C)C1=O. The van der Waals surface area contributed by atoms with Gasteiger partial charge in [0.2, 0.25) is 5.91 Å². The zero-order valence-corrected chi connectivity index (χ0v) is 12.4. The van der Waals surface area contributed by atoms with Crippen molar-refractivity contribution in [3.05, 3.63) is 0 Å². The third-order valence-electron chi connectivity index (χ3n) is 4.18. The summed E-state index contributed by atoms with van der Waals surface area (Å²) in [5.74, 6) is 1.27. The first-order valence-corrected chi connectivity index (χ1v) is 6.73. The molecule has 2 atom stereocenters. The highest BCUT2D eigenvalue weighted by molar-refractivity contribution is 5.84. The van der Waals surface area contributed by atoms with Crippen molar-refractivity contribution in [2.75, 3.05) is 6.54 Å². The predicted molar refractivity (Wildman–Crippen MR) is 71.6 cm³/mol. The van der Waals surface area contributed by atoms with Crippen LogP contribution in [0.1, 0.15) is 48.5 Å². The van der Waals surface area contributed by atoms with Gasteiger partial charge in [0.15, 0.2) is 0 Å². The van der Waals surface area contributed by atoms with Crippen molar-refractivity contribution in [1.82, 2.24) is 10.2 Å². The molecule has 2 unspecified atom stereocenters. The number of rotatable bonds is 4. The molecule has 0 spiro atoms. The Bertz CT molecular complexity index is 284. The van der Waals surface area contributed by atoms with Gasteiger partial charge < -0.3 is 4.90 Å². The van der Waals surface area contributed by atoms with Gasteiger partial charge in [0.1, 0.15) is 0 Å². The molecule has 0 radical (unpaired) electrons. The van der Waals surface area contributed by atoms with E-state index in [1.165, 1.54) is 0 Å². The summed E-state index contributed by atoms with van der Waals surface area (Å²) < 4.78 is 0. The van der Waals surface area contributed by atoms with E-state index in [0.717, 1.165) is 6.54 Å². The van der Waals surface area contributed by atoms with E-state index < -0.39 is 0 Å². The van der Waals surface area contributed by atoms with Crippen molar-refractivity contribution in [3.63, 3.8) is 0 Å². The normalized spacial score (nSPS) is 26.4. The summed E-state index contributed by atoms with van der Waals surface area (Å²) in [6, 6.07) is -0.0367. The maximum Gasteiger partial charge on any atom is 0.240 e. The number of hydrogen-bond acceptors (Lipinski definition) is 2. The lowest BCUT2D eigenvalue weighted by Crippen LogP contribution is -2.46. The number of nitrogens with zero attached hydrogens (tertiary/aromatic N) is 1. The Morgan fingerprint density at radius 1 is 1.29 bits per heavy atom. The molecule has 1 rings (SSSR count). The molecule has 0 saturated carbocycles. The average molecular weight is 240 g/mol. The van der Waals surface area contributed by atoms with Gasteiger partial charge >= 0.3 is 0 Å². The Morgan fingerprint density at radius 2 is 1.82 bits per heavy atom. The highest BCUT2D eigenvalue weighted by Crippen LogP contribution is 2.30. The molecular weight excluding hydrogens is 212 g/mol. The van der Waals surface area contributed by atoms with Gasteiger partial charge in [0.25, 0.3) is 0 Å². The summed E-state index contributed by atoms with van der Waals surface area (Å²) >= 11 is 0. The van der Waals surface area contributed by atoms with Crippen molar-refractivity contribution in [2.24, 2.45) is 17.3 Å². The molecule has 1 heterocycles. The topological polar surface area (TPSA) is 32.3 Å². The average Bonchev–Trinajstić information content (AvgIpc) is 2.45. The van der Waals surface area contributed by atoms with E-state index in [1.54, 1.807) is 0 Å². The Morgan fingerprint density at radius 3 is 2.24 bits per heavy atom. The molecule has 3 heteroatoms. The summed E-state index contributed by atoms with van der Waals surface area (Å²) in [6.07, 6.45) is 0.190. The molecule has 0 bridgehead atoms. The van der Waals surface area contributed by atoms with Crippen LogP contribution >= 0.6 is 0 Å². The van der Waals surface area contributed by atoms with Crippen molar-refractivity contribution >= 4 is 5.91 Å². The van der Waals surface area contributed by atoms with E-state index in [4.69, 9.17) is 0 Å². The minimum Gasteiger partial charge on any atom is -0.325 e. The van der Waals surface area contributed by atoms with Crippen LogP contribution < -0.4 is 5.32 Å². The summed E-state index contributed by atoms with van der Waals surface area (Å²) in [6.45, 7) is 16.1. The molecule has 0 aromatic heterocycles. The highest BCUT2D eigenvalue weighted by Gasteiger charge is 2.40. The van der Waals surface area contributed by atoms with Crippen molar-refractivity contribution < 1.29 is 4.79 Å². The quantitative estimate of drug-likeness (QED) is 0.818. The largest absolute Gasteiger partial charge is 0.325 e. The Kier molecular flexibility index (Phi) is 4.23. The van der Waals surface area contributed by atoms with Crippen LogP contribution in [0.4, 0.5) is 0 Å². The zero-order chi connectivity index (χ0) is 13.4. The van der Waals surface area contributed by atoms with E-state index in [0.29, 0.717) is 11.8 Å². The minimum atomic E-state index is -0.0367. The maximum atomic E-state index is 12.2. The Balaban J connectivity index is 2.83. The molecule has 1 saturated heterocycles. The van der Waals surface area contributed by atoms with Gasteiger partial charge in [0.05, 0.1) is 12.2 Å². The third kappa shape index (κ3) is 3.01. The fourth-order valence-corrected chi connectivity index (χ4v) is 2.15. The summed E-state index contributed by atoms with van der Waals surface area (Å²) in [5.41, 5.74) is 0.161. The first-order chi connectivity index (χ1) is 7.66. The standard InChI is InChI=1S/C14H28N2O/c1-9(2)12-15-11(5)13(17)16(12)8-14(6,7)10(3)4/h9-12,15H,8H2,1-7H3. The second-order valence-electron chi connectivity index (χ2n) is 6.69. The molecule has 100 valence electrons. The highest BCUT2D eigenvalue weighted by atomic mass is 16.2. The van der Waals surface area contributed by atoms with Crippen molar-refractivity contribution in [2.45, 2.75) is 60.7 Å². The van der Waals surface area contributed by atoms with Crippen LogP contribution in [0.3, 0.4) is 0 Å². The lowest BCUT2D eigenvalue weighted by atomic mass is 9.80. The first-order valence-electron chi connectivity index (χ1n) is 6.73. The van der Waals surface area contributed by atoms with E-state index in [9.17, 15) is 4.79 Å².